The molecule has 0 saturated heterocycles. The SMILES string of the molecule is O=C(O)CCCC(=O)Cc1ccc(F)cc1. The van der Waals surface area contributed by atoms with Gasteiger partial charge in [0.15, 0.2) is 0 Å². The minimum Gasteiger partial charge on any atom is -0.481 e. The summed E-state index contributed by atoms with van der Waals surface area (Å²) in [6.45, 7) is 0. The maximum atomic E-state index is 12.6. The number of carbonyl (C=O) groups is 2. The van der Waals surface area contributed by atoms with Gasteiger partial charge in [-0.1, -0.05) is 12.1 Å². The van der Waals surface area contributed by atoms with Crippen LogP contribution in [0.1, 0.15) is 24.8 Å². The number of Topliss-reactive ketones (excluding diaryl/α,β-unsaturated/α-hetero) is 1. The first-order valence-electron chi connectivity index (χ1n) is 5.06. The van der Waals surface area contributed by atoms with Crippen molar-refractivity contribution in [2.75, 3.05) is 0 Å². The van der Waals surface area contributed by atoms with E-state index in [4.69, 9.17) is 5.11 Å². The first-order chi connectivity index (χ1) is 7.58. The molecule has 0 spiro atoms. The number of rotatable bonds is 6. The molecule has 0 saturated carbocycles. The van der Waals surface area contributed by atoms with E-state index in [9.17, 15) is 14.0 Å². The number of hydrogen-bond acceptors (Lipinski definition) is 2. The highest BCUT2D eigenvalue weighted by atomic mass is 19.1. The Balaban J connectivity index is 2.34. The first kappa shape index (κ1) is 12.4. The molecule has 1 aromatic rings. The van der Waals surface area contributed by atoms with Gasteiger partial charge in [0.2, 0.25) is 0 Å². The molecule has 0 atom stereocenters. The first-order valence-corrected chi connectivity index (χ1v) is 5.06. The third kappa shape index (κ3) is 4.68. The minimum absolute atomic E-state index is 0.00909. The second-order valence-electron chi connectivity index (χ2n) is 3.59. The van der Waals surface area contributed by atoms with Gasteiger partial charge in [0, 0.05) is 19.3 Å². The molecule has 4 heteroatoms. The maximum Gasteiger partial charge on any atom is 0.303 e. The lowest BCUT2D eigenvalue weighted by atomic mass is 10.0. The summed E-state index contributed by atoms with van der Waals surface area (Å²) in [6.07, 6.45) is 0.855. The van der Waals surface area contributed by atoms with Gasteiger partial charge in [0.25, 0.3) is 0 Å². The van der Waals surface area contributed by atoms with E-state index in [-0.39, 0.29) is 30.9 Å². The molecule has 1 aromatic carbocycles. The summed E-state index contributed by atoms with van der Waals surface area (Å²) in [6, 6.07) is 5.73. The van der Waals surface area contributed by atoms with Crippen LogP contribution in [-0.2, 0) is 16.0 Å². The second-order valence-corrected chi connectivity index (χ2v) is 3.59. The summed E-state index contributed by atoms with van der Waals surface area (Å²) >= 11 is 0. The van der Waals surface area contributed by atoms with Gasteiger partial charge in [-0.25, -0.2) is 4.39 Å². The number of carbonyl (C=O) groups excluding carboxylic acids is 1. The Morgan fingerprint density at radius 3 is 2.31 bits per heavy atom. The van der Waals surface area contributed by atoms with Crippen molar-refractivity contribution in [3.8, 4) is 0 Å². The molecule has 0 radical (unpaired) electrons. The van der Waals surface area contributed by atoms with E-state index in [2.05, 4.69) is 0 Å². The molecule has 0 aliphatic heterocycles. The predicted molar refractivity (Wildman–Crippen MR) is 56.6 cm³/mol. The second kappa shape index (κ2) is 6.00. The smallest absolute Gasteiger partial charge is 0.303 e. The summed E-state index contributed by atoms with van der Waals surface area (Å²) < 4.78 is 12.6. The van der Waals surface area contributed by atoms with Crippen LogP contribution in [0.4, 0.5) is 4.39 Å². The number of benzene rings is 1. The van der Waals surface area contributed by atoms with Gasteiger partial charge in [-0.15, -0.1) is 0 Å². The van der Waals surface area contributed by atoms with Crippen molar-refractivity contribution in [2.45, 2.75) is 25.7 Å². The fourth-order valence-electron chi connectivity index (χ4n) is 1.36. The fourth-order valence-corrected chi connectivity index (χ4v) is 1.36. The lowest BCUT2D eigenvalue weighted by Gasteiger charge is -2.00. The van der Waals surface area contributed by atoms with Crippen molar-refractivity contribution >= 4 is 11.8 Å². The highest BCUT2D eigenvalue weighted by Crippen LogP contribution is 2.06. The number of carboxylic acid groups (broad SMARTS) is 1. The topological polar surface area (TPSA) is 54.4 Å². The van der Waals surface area contributed by atoms with E-state index in [1.165, 1.54) is 12.1 Å². The fraction of sp³-hybridized carbons (Fsp3) is 0.333. The van der Waals surface area contributed by atoms with E-state index in [0.29, 0.717) is 6.42 Å². The van der Waals surface area contributed by atoms with Crippen LogP contribution >= 0.6 is 0 Å². The monoisotopic (exact) mass is 224 g/mol. The van der Waals surface area contributed by atoms with Gasteiger partial charge < -0.3 is 5.11 Å². The van der Waals surface area contributed by atoms with E-state index in [1.807, 2.05) is 0 Å². The number of ketones is 1. The number of hydrogen-bond donors (Lipinski definition) is 1. The number of carboxylic acids is 1. The Kier molecular flexibility index (Phi) is 4.64. The molecule has 3 nitrogen and oxygen atoms in total. The average Bonchev–Trinajstić information content (AvgIpc) is 2.21. The molecule has 16 heavy (non-hydrogen) atoms. The molecule has 1 N–H and O–H groups in total. The van der Waals surface area contributed by atoms with Gasteiger partial charge in [-0.2, -0.15) is 0 Å². The number of aliphatic carboxylic acids is 1. The molecule has 0 aliphatic carbocycles. The Hall–Kier alpha value is -1.71. The molecule has 0 aliphatic rings. The third-order valence-electron chi connectivity index (χ3n) is 2.16. The molecule has 0 amide bonds. The standard InChI is InChI=1S/C12H13FO3/c13-10-6-4-9(5-7-10)8-11(14)2-1-3-12(15)16/h4-7H,1-3,8H2,(H,15,16). The Bertz CT molecular complexity index is 370. The van der Waals surface area contributed by atoms with E-state index in [1.54, 1.807) is 12.1 Å². The van der Waals surface area contributed by atoms with Crippen LogP contribution in [-0.4, -0.2) is 16.9 Å². The van der Waals surface area contributed by atoms with E-state index >= 15 is 0 Å². The van der Waals surface area contributed by atoms with Gasteiger partial charge in [0.05, 0.1) is 0 Å². The highest BCUT2D eigenvalue weighted by molar-refractivity contribution is 5.81. The normalized spacial score (nSPS) is 10.1. The van der Waals surface area contributed by atoms with E-state index < -0.39 is 5.97 Å². The van der Waals surface area contributed by atoms with Crippen molar-refractivity contribution in [3.05, 3.63) is 35.6 Å². The van der Waals surface area contributed by atoms with Gasteiger partial charge in [0.1, 0.15) is 11.6 Å². The van der Waals surface area contributed by atoms with Gasteiger partial charge in [-0.3, -0.25) is 9.59 Å². The largest absolute Gasteiger partial charge is 0.481 e. The molecule has 0 heterocycles. The lowest BCUT2D eigenvalue weighted by Crippen LogP contribution is -2.04. The molecular formula is C12H13FO3. The summed E-state index contributed by atoms with van der Waals surface area (Å²) in [4.78, 5) is 21.6. The van der Waals surface area contributed by atoms with Crippen LogP contribution in [0.3, 0.4) is 0 Å². The molecule has 0 bridgehead atoms. The highest BCUT2D eigenvalue weighted by Gasteiger charge is 2.05. The zero-order valence-electron chi connectivity index (χ0n) is 8.78. The van der Waals surface area contributed by atoms with Crippen LogP contribution in [0.15, 0.2) is 24.3 Å². The van der Waals surface area contributed by atoms with Crippen LogP contribution in [0, 0.1) is 5.82 Å². The molecule has 0 fully saturated rings. The molecular weight excluding hydrogens is 211 g/mol. The summed E-state index contributed by atoms with van der Waals surface area (Å²) in [5.41, 5.74) is 0.752. The Morgan fingerprint density at radius 1 is 1.12 bits per heavy atom. The van der Waals surface area contributed by atoms with Crippen molar-refractivity contribution in [2.24, 2.45) is 0 Å². The van der Waals surface area contributed by atoms with Crippen molar-refractivity contribution < 1.29 is 19.1 Å². The minimum atomic E-state index is -0.894. The quantitative estimate of drug-likeness (QED) is 0.805. The zero-order valence-corrected chi connectivity index (χ0v) is 8.78. The van der Waals surface area contributed by atoms with Crippen molar-refractivity contribution in [3.63, 3.8) is 0 Å². The van der Waals surface area contributed by atoms with Crippen molar-refractivity contribution in [1.29, 1.82) is 0 Å². The van der Waals surface area contributed by atoms with E-state index in [0.717, 1.165) is 5.56 Å². The lowest BCUT2D eigenvalue weighted by molar-refractivity contribution is -0.137. The van der Waals surface area contributed by atoms with Crippen LogP contribution in [0.25, 0.3) is 0 Å². The predicted octanol–water partition coefficient (Wildman–Crippen LogP) is 2.19. The summed E-state index contributed by atoms with van der Waals surface area (Å²) in [5, 5.41) is 8.39. The Morgan fingerprint density at radius 2 is 1.75 bits per heavy atom. The maximum absolute atomic E-state index is 12.6. The molecule has 86 valence electrons. The van der Waals surface area contributed by atoms with Crippen LogP contribution in [0.2, 0.25) is 0 Å². The van der Waals surface area contributed by atoms with Crippen molar-refractivity contribution in [1.82, 2.24) is 0 Å². The third-order valence-corrected chi connectivity index (χ3v) is 2.16. The molecule has 1 rings (SSSR count). The van der Waals surface area contributed by atoms with Crippen LogP contribution in [0.5, 0.6) is 0 Å². The summed E-state index contributed by atoms with van der Waals surface area (Å²) in [5.74, 6) is -1.25. The summed E-state index contributed by atoms with van der Waals surface area (Å²) in [7, 11) is 0. The van der Waals surface area contributed by atoms with Crippen LogP contribution < -0.4 is 0 Å². The average molecular weight is 224 g/mol. The van der Waals surface area contributed by atoms with Gasteiger partial charge >= 0.3 is 5.97 Å². The molecule has 0 aromatic heterocycles. The number of halogens is 1. The Labute approximate surface area is 92.9 Å². The molecule has 0 unspecified atom stereocenters. The zero-order chi connectivity index (χ0) is 12.0. The van der Waals surface area contributed by atoms with Gasteiger partial charge in [-0.05, 0) is 24.1 Å².